The summed E-state index contributed by atoms with van der Waals surface area (Å²) in [6.45, 7) is 6.92. The van der Waals surface area contributed by atoms with E-state index in [2.05, 4.69) is 21.7 Å². The molecule has 0 spiro atoms. The van der Waals surface area contributed by atoms with Crippen molar-refractivity contribution < 1.29 is 13.5 Å². The van der Waals surface area contributed by atoms with Crippen LogP contribution < -0.4 is 9.64 Å². The molecule has 0 aliphatic carbocycles. The third-order valence-electron chi connectivity index (χ3n) is 5.91. The third kappa shape index (κ3) is 5.58. The van der Waals surface area contributed by atoms with Gasteiger partial charge >= 0.3 is 0 Å². The van der Waals surface area contributed by atoms with Gasteiger partial charge in [0.05, 0.1) is 19.2 Å². The molecule has 33 heavy (non-hydrogen) atoms. The van der Waals surface area contributed by atoms with Crippen LogP contribution in [0.2, 0.25) is 0 Å². The second kappa shape index (κ2) is 10.9. The van der Waals surface area contributed by atoms with Crippen molar-refractivity contribution in [3.8, 4) is 5.75 Å². The average Bonchev–Trinajstić information content (AvgIpc) is 3.35. The first-order valence-corrected chi connectivity index (χ1v) is 12.1. The lowest BCUT2D eigenvalue weighted by molar-refractivity contribution is 0.249. The molecule has 2 aliphatic rings. The zero-order valence-corrected chi connectivity index (χ0v) is 19.4. The Bertz CT molecular complexity index is 1040. The fraction of sp³-hybridized carbons (Fsp3) is 0.417. The van der Waals surface area contributed by atoms with Crippen LogP contribution in [0, 0.1) is 17.6 Å². The highest BCUT2D eigenvalue weighted by Gasteiger charge is 2.29. The number of ether oxygens (including phenoxy) is 1. The maximum Gasteiger partial charge on any atom is 0.200 e. The largest absolute Gasteiger partial charge is 0.490 e. The van der Waals surface area contributed by atoms with Crippen molar-refractivity contribution in [3.63, 3.8) is 0 Å². The first kappa shape index (κ1) is 23.4. The van der Waals surface area contributed by atoms with Crippen LogP contribution in [0.1, 0.15) is 25.6 Å². The lowest BCUT2D eigenvalue weighted by Crippen LogP contribution is -2.43. The predicted octanol–water partition coefficient (Wildman–Crippen LogP) is 4.71. The van der Waals surface area contributed by atoms with Gasteiger partial charge < -0.3 is 9.64 Å². The zero-order chi connectivity index (χ0) is 23.2. The van der Waals surface area contributed by atoms with Gasteiger partial charge in [-0.25, -0.2) is 14.4 Å². The van der Waals surface area contributed by atoms with Gasteiger partial charge in [0.25, 0.3) is 0 Å². The number of anilines is 1. The molecule has 2 saturated heterocycles. The lowest BCUT2D eigenvalue weighted by atomic mass is 9.94. The summed E-state index contributed by atoms with van der Waals surface area (Å²) in [4.78, 5) is 19.1. The van der Waals surface area contributed by atoms with Gasteiger partial charge in [0, 0.05) is 66.6 Å². The van der Waals surface area contributed by atoms with Crippen molar-refractivity contribution >= 4 is 29.9 Å². The van der Waals surface area contributed by atoms with Crippen LogP contribution in [-0.4, -0.2) is 53.1 Å². The maximum absolute atomic E-state index is 14.5. The number of aromatic nitrogens is 2. The van der Waals surface area contributed by atoms with E-state index in [4.69, 9.17) is 9.73 Å². The number of piperidine rings is 1. The van der Waals surface area contributed by atoms with Crippen LogP contribution in [0.25, 0.3) is 0 Å². The molecule has 0 bridgehead atoms. The van der Waals surface area contributed by atoms with Gasteiger partial charge in [-0.15, -0.1) is 0 Å². The number of aliphatic imine (C=N–C) groups is 2. The Hall–Kier alpha value is -2.81. The molecule has 9 heteroatoms. The second-order valence-electron chi connectivity index (χ2n) is 8.09. The van der Waals surface area contributed by atoms with E-state index in [0.717, 1.165) is 29.2 Å². The molecule has 174 valence electrons. The van der Waals surface area contributed by atoms with Gasteiger partial charge in [0.15, 0.2) is 11.6 Å². The van der Waals surface area contributed by atoms with Crippen molar-refractivity contribution in [2.24, 2.45) is 15.9 Å². The molecule has 1 aromatic heterocycles. The van der Waals surface area contributed by atoms with Gasteiger partial charge in [0.1, 0.15) is 5.82 Å². The topological polar surface area (TPSA) is 63.0 Å². The van der Waals surface area contributed by atoms with E-state index in [1.807, 2.05) is 23.6 Å². The number of hydrogen-bond donors (Lipinski definition) is 0. The van der Waals surface area contributed by atoms with E-state index in [-0.39, 0.29) is 11.8 Å². The van der Waals surface area contributed by atoms with Crippen molar-refractivity contribution in [1.29, 1.82) is 0 Å². The van der Waals surface area contributed by atoms with Crippen molar-refractivity contribution in [2.45, 2.75) is 32.4 Å². The molecular weight excluding hydrogens is 444 g/mol. The fourth-order valence-corrected chi connectivity index (χ4v) is 5.36. The minimum absolute atomic E-state index is 0.0397. The van der Waals surface area contributed by atoms with E-state index < -0.39 is 11.6 Å². The Balaban J connectivity index is 1.54. The summed E-state index contributed by atoms with van der Waals surface area (Å²) in [6.07, 6.45) is 6.70. The summed E-state index contributed by atoms with van der Waals surface area (Å²) in [5.74, 6) is 1.19. The Morgan fingerprint density at radius 1 is 1.30 bits per heavy atom. The van der Waals surface area contributed by atoms with Crippen LogP contribution in [0.15, 0.2) is 52.4 Å². The fourth-order valence-electron chi connectivity index (χ4n) is 4.10. The number of benzene rings is 1. The van der Waals surface area contributed by atoms with Crippen LogP contribution in [0.5, 0.6) is 5.75 Å². The van der Waals surface area contributed by atoms with E-state index in [1.54, 1.807) is 30.7 Å². The molecule has 2 fully saturated rings. The summed E-state index contributed by atoms with van der Waals surface area (Å²) >= 11 is 1.86. The van der Waals surface area contributed by atoms with Crippen LogP contribution >= 0.6 is 11.8 Å². The average molecular weight is 472 g/mol. The molecule has 6 nitrogen and oxygen atoms in total. The van der Waals surface area contributed by atoms with Crippen molar-refractivity contribution in [2.75, 3.05) is 29.6 Å². The molecular formula is C24H27F2N5OS. The standard InChI is InChI=1S/C24H27F2N5OS/c1-16-19(12-27-2)21(30-13-23-28-6-3-7-29-23)4-8-31(16)18-10-20(25)24(26)22(11-18)32-14-17-5-9-33-15-17/h3,6-7,10-12,16-17H,2,4-5,8-9,13-15H2,1H3. The summed E-state index contributed by atoms with van der Waals surface area (Å²) in [5, 5.41) is 0. The smallest absolute Gasteiger partial charge is 0.200 e. The molecule has 1 aromatic carbocycles. The number of hydrogen-bond acceptors (Lipinski definition) is 7. The van der Waals surface area contributed by atoms with Crippen molar-refractivity contribution in [3.05, 3.63) is 59.8 Å². The minimum Gasteiger partial charge on any atom is -0.490 e. The Kier molecular flexibility index (Phi) is 7.69. The van der Waals surface area contributed by atoms with Gasteiger partial charge in [-0.1, -0.05) is 0 Å². The Morgan fingerprint density at radius 3 is 2.85 bits per heavy atom. The lowest BCUT2D eigenvalue weighted by Gasteiger charge is -2.38. The van der Waals surface area contributed by atoms with Crippen molar-refractivity contribution in [1.82, 2.24) is 9.97 Å². The molecule has 0 N–H and O–H groups in total. The number of halogens is 2. The molecule has 0 saturated carbocycles. The molecule has 2 aliphatic heterocycles. The predicted molar refractivity (Wildman–Crippen MR) is 130 cm³/mol. The Labute approximate surface area is 196 Å². The minimum atomic E-state index is -0.942. The van der Waals surface area contributed by atoms with Crippen LogP contribution in [-0.2, 0) is 6.54 Å². The van der Waals surface area contributed by atoms with Crippen LogP contribution in [0.3, 0.4) is 0 Å². The summed E-state index contributed by atoms with van der Waals surface area (Å²) in [7, 11) is 0. The number of nitrogens with zero attached hydrogens (tertiary/aromatic N) is 5. The monoisotopic (exact) mass is 471 g/mol. The quantitative estimate of drug-likeness (QED) is 0.547. The molecule has 4 rings (SSSR count). The number of thioether (sulfide) groups is 1. The van der Waals surface area contributed by atoms with Gasteiger partial charge in [-0.3, -0.25) is 9.98 Å². The van der Waals surface area contributed by atoms with Gasteiger partial charge in [-0.2, -0.15) is 16.2 Å². The first-order valence-electron chi connectivity index (χ1n) is 11.0. The molecule has 0 radical (unpaired) electrons. The molecule has 2 aromatic rings. The summed E-state index contributed by atoms with van der Waals surface area (Å²) in [5.41, 5.74) is 2.33. The van der Waals surface area contributed by atoms with E-state index in [1.165, 1.54) is 6.07 Å². The molecule has 0 amide bonds. The normalized spacial score (nSPS) is 23.3. The van der Waals surface area contributed by atoms with E-state index in [9.17, 15) is 8.78 Å². The highest BCUT2D eigenvalue weighted by molar-refractivity contribution is 7.99. The molecule has 2 unspecified atom stereocenters. The summed E-state index contributed by atoms with van der Waals surface area (Å²) in [6, 6.07) is 4.42. The number of rotatable bonds is 7. The van der Waals surface area contributed by atoms with E-state index >= 15 is 0 Å². The maximum atomic E-state index is 14.5. The van der Waals surface area contributed by atoms with E-state index in [0.29, 0.717) is 43.5 Å². The zero-order valence-electron chi connectivity index (χ0n) is 18.6. The Morgan fingerprint density at radius 2 is 2.12 bits per heavy atom. The molecule has 3 heterocycles. The second-order valence-corrected chi connectivity index (χ2v) is 9.24. The van der Waals surface area contributed by atoms with Crippen LogP contribution in [0.4, 0.5) is 14.5 Å². The SMILES string of the molecule is C=NC=C1C(=NCc2ncccn2)CCN(c2cc(F)c(F)c(OCC3CCSC3)c2)C1C. The first-order chi connectivity index (χ1) is 16.1. The highest BCUT2D eigenvalue weighted by Crippen LogP contribution is 2.33. The highest BCUT2D eigenvalue weighted by atomic mass is 32.2. The van der Waals surface area contributed by atoms with Gasteiger partial charge in [0.2, 0.25) is 5.82 Å². The van der Waals surface area contributed by atoms with Gasteiger partial charge in [-0.05, 0) is 37.6 Å². The summed E-state index contributed by atoms with van der Waals surface area (Å²) < 4.78 is 34.7. The molecule has 2 atom stereocenters. The third-order valence-corrected chi connectivity index (χ3v) is 7.14.